The maximum atomic E-state index is 12.1. The second-order valence-corrected chi connectivity index (χ2v) is 6.34. The van der Waals surface area contributed by atoms with Crippen LogP contribution in [0.2, 0.25) is 0 Å². The molecule has 0 aromatic carbocycles. The fourth-order valence-electron chi connectivity index (χ4n) is 1.61. The SMILES string of the molecule is Cn1ccnc1CCNS(=O)(=O)c1c(Br)nnn1C. The molecule has 2 aromatic rings. The van der Waals surface area contributed by atoms with Crippen LogP contribution in [0.1, 0.15) is 5.82 Å². The fourth-order valence-corrected chi connectivity index (χ4v) is 3.73. The lowest BCUT2D eigenvalue weighted by atomic mass is 10.4. The van der Waals surface area contributed by atoms with E-state index < -0.39 is 10.0 Å². The Labute approximate surface area is 119 Å². The Hall–Kier alpha value is -1.26. The molecule has 0 fully saturated rings. The molecule has 0 unspecified atom stereocenters. The third-order valence-corrected chi connectivity index (χ3v) is 4.90. The molecular formula is C9H13BrN6O2S. The van der Waals surface area contributed by atoms with Crippen molar-refractivity contribution in [2.24, 2.45) is 14.1 Å². The normalized spacial score (nSPS) is 11.9. The minimum atomic E-state index is -3.64. The maximum absolute atomic E-state index is 12.1. The molecule has 10 heteroatoms. The van der Waals surface area contributed by atoms with Crippen molar-refractivity contribution in [3.8, 4) is 0 Å². The summed E-state index contributed by atoms with van der Waals surface area (Å²) < 4.78 is 29.9. The maximum Gasteiger partial charge on any atom is 0.260 e. The van der Waals surface area contributed by atoms with Gasteiger partial charge in [0.25, 0.3) is 10.0 Å². The number of hydrogen-bond acceptors (Lipinski definition) is 5. The smallest absolute Gasteiger partial charge is 0.260 e. The zero-order valence-electron chi connectivity index (χ0n) is 10.4. The Morgan fingerprint density at radius 3 is 2.68 bits per heavy atom. The monoisotopic (exact) mass is 348 g/mol. The van der Waals surface area contributed by atoms with E-state index >= 15 is 0 Å². The third kappa shape index (κ3) is 3.01. The number of hydrogen-bond donors (Lipinski definition) is 1. The first kappa shape index (κ1) is 14.2. The summed E-state index contributed by atoms with van der Waals surface area (Å²) >= 11 is 3.07. The van der Waals surface area contributed by atoms with Crippen LogP contribution in [-0.4, -0.2) is 39.5 Å². The van der Waals surface area contributed by atoms with Crippen LogP contribution in [0.5, 0.6) is 0 Å². The van der Waals surface area contributed by atoms with Gasteiger partial charge in [0.1, 0.15) is 5.82 Å². The lowest BCUT2D eigenvalue weighted by molar-refractivity contribution is 0.559. The van der Waals surface area contributed by atoms with E-state index in [1.54, 1.807) is 6.20 Å². The summed E-state index contributed by atoms with van der Waals surface area (Å²) in [6.45, 7) is 0.255. The molecule has 1 N–H and O–H groups in total. The van der Waals surface area contributed by atoms with E-state index in [0.29, 0.717) is 6.42 Å². The number of sulfonamides is 1. The second-order valence-electron chi connectivity index (χ2n) is 3.91. The van der Waals surface area contributed by atoms with E-state index in [4.69, 9.17) is 0 Å². The van der Waals surface area contributed by atoms with E-state index in [1.807, 2.05) is 17.8 Å². The lowest BCUT2D eigenvalue weighted by Gasteiger charge is -2.06. The van der Waals surface area contributed by atoms with E-state index in [2.05, 4.69) is 35.9 Å². The largest absolute Gasteiger partial charge is 0.338 e. The Kier molecular flexibility index (Phi) is 4.02. The Morgan fingerprint density at radius 1 is 1.42 bits per heavy atom. The molecule has 0 spiro atoms. The van der Waals surface area contributed by atoms with Crippen LogP contribution in [0, 0.1) is 0 Å². The molecular weight excluding hydrogens is 336 g/mol. The highest BCUT2D eigenvalue weighted by Crippen LogP contribution is 2.17. The molecule has 104 valence electrons. The second kappa shape index (κ2) is 5.39. The Bertz CT molecular complexity index is 657. The van der Waals surface area contributed by atoms with Crippen molar-refractivity contribution in [3.63, 3.8) is 0 Å². The molecule has 0 atom stereocenters. The van der Waals surface area contributed by atoms with Crippen LogP contribution in [0.15, 0.2) is 22.0 Å². The number of nitrogens with one attached hydrogen (secondary N) is 1. The van der Waals surface area contributed by atoms with Crippen LogP contribution in [0.3, 0.4) is 0 Å². The highest BCUT2D eigenvalue weighted by Gasteiger charge is 2.23. The molecule has 2 heterocycles. The van der Waals surface area contributed by atoms with Crippen molar-refractivity contribution in [2.75, 3.05) is 6.54 Å². The minimum Gasteiger partial charge on any atom is -0.338 e. The van der Waals surface area contributed by atoms with Gasteiger partial charge in [0.05, 0.1) is 0 Å². The summed E-state index contributed by atoms with van der Waals surface area (Å²) in [7, 11) is -0.262. The van der Waals surface area contributed by atoms with Gasteiger partial charge in [-0.05, 0) is 15.9 Å². The average molecular weight is 349 g/mol. The molecule has 0 amide bonds. The van der Waals surface area contributed by atoms with Gasteiger partial charge in [-0.2, -0.15) is 0 Å². The topological polar surface area (TPSA) is 94.7 Å². The standard InChI is InChI=1S/C9H13BrN6O2S/c1-15-6-5-11-7(15)3-4-12-19(17,18)9-8(10)13-14-16(9)2/h5-6,12H,3-4H2,1-2H3. The van der Waals surface area contributed by atoms with Crippen molar-refractivity contribution in [1.82, 2.24) is 29.3 Å². The molecule has 8 nitrogen and oxygen atoms in total. The number of rotatable bonds is 5. The first-order chi connectivity index (χ1) is 8.92. The molecule has 0 saturated carbocycles. The zero-order chi connectivity index (χ0) is 14.0. The molecule has 0 saturated heterocycles. The quantitative estimate of drug-likeness (QED) is 0.809. The van der Waals surface area contributed by atoms with Gasteiger partial charge in [-0.25, -0.2) is 22.8 Å². The summed E-state index contributed by atoms with van der Waals surface area (Å²) in [4.78, 5) is 4.12. The number of imidazole rings is 1. The third-order valence-electron chi connectivity index (χ3n) is 2.55. The van der Waals surface area contributed by atoms with Crippen molar-refractivity contribution in [3.05, 3.63) is 22.8 Å². The minimum absolute atomic E-state index is 0.00680. The van der Waals surface area contributed by atoms with Gasteiger partial charge in [0.15, 0.2) is 4.60 Å². The number of nitrogens with zero attached hydrogens (tertiary/aromatic N) is 5. The highest BCUT2D eigenvalue weighted by molar-refractivity contribution is 9.10. The molecule has 2 aromatic heterocycles. The van der Waals surface area contributed by atoms with E-state index in [9.17, 15) is 8.42 Å². The number of aryl methyl sites for hydroxylation is 2. The molecule has 0 radical (unpaired) electrons. The van der Waals surface area contributed by atoms with Gasteiger partial charge in [-0.15, -0.1) is 5.10 Å². The molecule has 0 bridgehead atoms. The fraction of sp³-hybridized carbons (Fsp3) is 0.444. The molecule has 0 aliphatic carbocycles. The van der Waals surface area contributed by atoms with Crippen molar-refractivity contribution >= 4 is 26.0 Å². The summed E-state index contributed by atoms with van der Waals surface area (Å²) in [6.07, 6.45) is 3.99. The van der Waals surface area contributed by atoms with Gasteiger partial charge in [-0.3, -0.25) is 0 Å². The Morgan fingerprint density at radius 2 is 2.16 bits per heavy atom. The van der Waals surface area contributed by atoms with Crippen molar-refractivity contribution in [1.29, 1.82) is 0 Å². The van der Waals surface area contributed by atoms with Gasteiger partial charge in [0.2, 0.25) is 5.03 Å². The van der Waals surface area contributed by atoms with Crippen LogP contribution in [0.25, 0.3) is 0 Å². The lowest BCUT2D eigenvalue weighted by Crippen LogP contribution is -2.28. The predicted octanol–water partition coefficient (Wildman–Crippen LogP) is -0.168. The predicted molar refractivity (Wildman–Crippen MR) is 70.8 cm³/mol. The highest BCUT2D eigenvalue weighted by atomic mass is 79.9. The van der Waals surface area contributed by atoms with Crippen molar-refractivity contribution in [2.45, 2.75) is 11.4 Å². The van der Waals surface area contributed by atoms with Crippen LogP contribution in [0.4, 0.5) is 0 Å². The average Bonchev–Trinajstić information content (AvgIpc) is 2.86. The van der Waals surface area contributed by atoms with Gasteiger partial charge >= 0.3 is 0 Å². The van der Waals surface area contributed by atoms with E-state index in [0.717, 1.165) is 5.82 Å². The zero-order valence-corrected chi connectivity index (χ0v) is 12.8. The van der Waals surface area contributed by atoms with E-state index in [1.165, 1.54) is 11.7 Å². The van der Waals surface area contributed by atoms with Gasteiger partial charge in [0, 0.05) is 39.5 Å². The van der Waals surface area contributed by atoms with Gasteiger partial charge in [-0.1, -0.05) is 5.21 Å². The molecule has 0 aliphatic heterocycles. The molecule has 19 heavy (non-hydrogen) atoms. The summed E-state index contributed by atoms with van der Waals surface area (Å²) in [5.41, 5.74) is 0. The van der Waals surface area contributed by atoms with Crippen LogP contribution >= 0.6 is 15.9 Å². The van der Waals surface area contributed by atoms with Crippen LogP contribution in [-0.2, 0) is 30.5 Å². The summed E-state index contributed by atoms with van der Waals surface area (Å²) in [5, 5.41) is 7.29. The van der Waals surface area contributed by atoms with Gasteiger partial charge < -0.3 is 4.57 Å². The number of halogens is 1. The summed E-state index contributed by atoms with van der Waals surface area (Å²) in [6, 6.07) is 0. The van der Waals surface area contributed by atoms with Crippen molar-refractivity contribution < 1.29 is 8.42 Å². The first-order valence-electron chi connectivity index (χ1n) is 5.43. The molecule has 0 aliphatic rings. The van der Waals surface area contributed by atoms with E-state index in [-0.39, 0.29) is 16.2 Å². The Balaban J connectivity index is 2.05. The molecule has 2 rings (SSSR count). The van der Waals surface area contributed by atoms with Crippen LogP contribution < -0.4 is 4.72 Å². The first-order valence-corrected chi connectivity index (χ1v) is 7.70. The summed E-state index contributed by atoms with van der Waals surface area (Å²) in [5.74, 6) is 0.810. The number of aromatic nitrogens is 5.